The summed E-state index contributed by atoms with van der Waals surface area (Å²) in [5.74, 6) is 0.807. The Bertz CT molecular complexity index is 427. The Kier molecular flexibility index (Phi) is 6.82. The van der Waals surface area contributed by atoms with Crippen molar-refractivity contribution in [3.8, 4) is 5.75 Å². The topological polar surface area (TPSA) is 58.6 Å². The second kappa shape index (κ2) is 7.87. The van der Waals surface area contributed by atoms with Gasteiger partial charge in [0.25, 0.3) is 5.91 Å². The summed E-state index contributed by atoms with van der Waals surface area (Å²) in [7, 11) is 0. The molecule has 0 saturated carbocycles. The first-order valence-electron chi connectivity index (χ1n) is 5.92. The fourth-order valence-electron chi connectivity index (χ4n) is 1.35. The zero-order valence-corrected chi connectivity index (χ0v) is 14.0. The molecule has 0 unspecified atom stereocenters. The van der Waals surface area contributed by atoms with Gasteiger partial charge in [0.15, 0.2) is 6.61 Å². The third-order valence-electron chi connectivity index (χ3n) is 2.30. The second-order valence-corrected chi connectivity index (χ2v) is 6.24. The molecule has 1 aromatic rings. The van der Waals surface area contributed by atoms with E-state index in [2.05, 4.69) is 37.2 Å². The molecular formula is C13H17Br2NO3. The predicted octanol–water partition coefficient (Wildman–Crippen LogP) is 2.85. The van der Waals surface area contributed by atoms with Crippen molar-refractivity contribution in [3.05, 3.63) is 26.6 Å². The molecule has 0 aromatic heterocycles. The lowest BCUT2D eigenvalue weighted by Gasteiger charge is -2.12. The van der Waals surface area contributed by atoms with Crippen molar-refractivity contribution in [2.75, 3.05) is 13.2 Å². The molecule has 4 nitrogen and oxygen atoms in total. The van der Waals surface area contributed by atoms with Crippen molar-refractivity contribution in [2.24, 2.45) is 5.92 Å². The first-order chi connectivity index (χ1) is 8.93. The lowest BCUT2D eigenvalue weighted by atomic mass is 10.2. The number of benzene rings is 1. The average Bonchev–Trinajstić information content (AvgIpc) is 2.34. The van der Waals surface area contributed by atoms with Crippen LogP contribution in [0.5, 0.6) is 5.75 Å². The van der Waals surface area contributed by atoms with E-state index in [-0.39, 0.29) is 19.1 Å². The Morgan fingerprint density at radius 1 is 1.37 bits per heavy atom. The summed E-state index contributed by atoms with van der Waals surface area (Å²) in [6, 6.07) is 3.51. The highest BCUT2D eigenvalue weighted by atomic mass is 79.9. The van der Waals surface area contributed by atoms with E-state index < -0.39 is 0 Å². The molecule has 0 spiro atoms. The molecule has 0 saturated heterocycles. The molecule has 0 atom stereocenters. The molecule has 0 aliphatic rings. The van der Waals surface area contributed by atoms with Crippen LogP contribution in [0, 0.1) is 5.92 Å². The zero-order valence-electron chi connectivity index (χ0n) is 10.9. The maximum Gasteiger partial charge on any atom is 0.257 e. The zero-order chi connectivity index (χ0) is 14.4. The molecule has 19 heavy (non-hydrogen) atoms. The summed E-state index contributed by atoms with van der Waals surface area (Å²) in [5, 5.41) is 11.9. The molecule has 0 aliphatic heterocycles. The van der Waals surface area contributed by atoms with Gasteiger partial charge in [0.2, 0.25) is 0 Å². The Morgan fingerprint density at radius 2 is 1.95 bits per heavy atom. The third-order valence-corrected chi connectivity index (χ3v) is 3.47. The molecule has 1 amide bonds. The Labute approximate surface area is 129 Å². The maximum absolute atomic E-state index is 11.6. The number of hydrogen-bond acceptors (Lipinski definition) is 3. The van der Waals surface area contributed by atoms with Crippen LogP contribution in [0.25, 0.3) is 0 Å². The summed E-state index contributed by atoms with van der Waals surface area (Å²) in [6.07, 6.45) is 0. The van der Waals surface area contributed by atoms with Gasteiger partial charge in [0.1, 0.15) is 5.75 Å². The molecular weight excluding hydrogens is 378 g/mol. The van der Waals surface area contributed by atoms with Crippen LogP contribution in [0.1, 0.15) is 19.4 Å². The largest absolute Gasteiger partial charge is 0.481 e. The van der Waals surface area contributed by atoms with Crippen LogP contribution in [0.4, 0.5) is 0 Å². The highest BCUT2D eigenvalue weighted by molar-refractivity contribution is 9.11. The lowest BCUT2D eigenvalue weighted by Crippen LogP contribution is -2.31. The van der Waals surface area contributed by atoms with Gasteiger partial charge < -0.3 is 15.2 Å². The molecule has 0 bridgehead atoms. The minimum atomic E-state index is -0.154. The summed E-state index contributed by atoms with van der Waals surface area (Å²) < 4.78 is 6.87. The van der Waals surface area contributed by atoms with E-state index in [0.29, 0.717) is 27.2 Å². The lowest BCUT2D eigenvalue weighted by molar-refractivity contribution is -0.123. The monoisotopic (exact) mass is 393 g/mol. The van der Waals surface area contributed by atoms with Crippen LogP contribution >= 0.6 is 31.9 Å². The molecule has 1 aromatic carbocycles. The van der Waals surface area contributed by atoms with Gasteiger partial charge in [-0.15, -0.1) is 0 Å². The van der Waals surface area contributed by atoms with Crippen LogP contribution in [-0.4, -0.2) is 24.2 Å². The molecule has 0 radical (unpaired) electrons. The van der Waals surface area contributed by atoms with Gasteiger partial charge in [-0.05, 0) is 55.5 Å². The molecule has 1 rings (SSSR count). The molecule has 0 heterocycles. The Hall–Kier alpha value is -0.590. The van der Waals surface area contributed by atoms with Crippen molar-refractivity contribution < 1.29 is 14.6 Å². The number of carbonyl (C=O) groups is 1. The SMILES string of the molecule is CC(C)CNC(=O)COc1c(Br)cc(CO)cc1Br. The summed E-state index contributed by atoms with van der Waals surface area (Å²) in [5.41, 5.74) is 0.760. The summed E-state index contributed by atoms with van der Waals surface area (Å²) >= 11 is 6.71. The van der Waals surface area contributed by atoms with Crippen LogP contribution in [-0.2, 0) is 11.4 Å². The van der Waals surface area contributed by atoms with E-state index in [1.54, 1.807) is 12.1 Å². The van der Waals surface area contributed by atoms with E-state index in [1.165, 1.54) is 0 Å². The predicted molar refractivity (Wildman–Crippen MR) is 81.1 cm³/mol. The van der Waals surface area contributed by atoms with Crippen molar-refractivity contribution in [2.45, 2.75) is 20.5 Å². The number of halogens is 2. The second-order valence-electron chi connectivity index (χ2n) is 4.53. The number of rotatable bonds is 6. The number of nitrogens with one attached hydrogen (secondary N) is 1. The van der Waals surface area contributed by atoms with Gasteiger partial charge in [-0.3, -0.25) is 4.79 Å². The van der Waals surface area contributed by atoms with E-state index in [1.807, 2.05) is 13.8 Å². The standard InChI is InChI=1S/C13H17Br2NO3/c1-8(2)5-16-12(18)7-19-13-10(14)3-9(6-17)4-11(13)15/h3-4,8,17H,5-7H2,1-2H3,(H,16,18). The number of carbonyl (C=O) groups excluding carboxylic acids is 1. The molecule has 2 N–H and O–H groups in total. The maximum atomic E-state index is 11.6. The first-order valence-corrected chi connectivity index (χ1v) is 7.51. The van der Waals surface area contributed by atoms with Crippen LogP contribution in [0.2, 0.25) is 0 Å². The van der Waals surface area contributed by atoms with Crippen molar-refractivity contribution in [1.82, 2.24) is 5.32 Å². The summed E-state index contributed by atoms with van der Waals surface area (Å²) in [6.45, 7) is 4.60. The van der Waals surface area contributed by atoms with Gasteiger partial charge in [0, 0.05) is 6.54 Å². The first kappa shape index (κ1) is 16.5. The Balaban J connectivity index is 2.60. The normalized spacial score (nSPS) is 10.6. The van der Waals surface area contributed by atoms with Crippen molar-refractivity contribution in [1.29, 1.82) is 0 Å². The molecule has 0 aliphatic carbocycles. The number of ether oxygens (including phenoxy) is 1. The fourth-order valence-corrected chi connectivity index (χ4v) is 2.86. The number of aliphatic hydroxyl groups is 1. The van der Waals surface area contributed by atoms with Gasteiger partial charge in [0.05, 0.1) is 15.6 Å². The Morgan fingerprint density at radius 3 is 2.42 bits per heavy atom. The van der Waals surface area contributed by atoms with Gasteiger partial charge >= 0.3 is 0 Å². The van der Waals surface area contributed by atoms with Crippen LogP contribution in [0.15, 0.2) is 21.1 Å². The van der Waals surface area contributed by atoms with Gasteiger partial charge in [-0.25, -0.2) is 0 Å². The number of amides is 1. The van der Waals surface area contributed by atoms with Crippen LogP contribution < -0.4 is 10.1 Å². The van der Waals surface area contributed by atoms with E-state index >= 15 is 0 Å². The summed E-state index contributed by atoms with van der Waals surface area (Å²) in [4.78, 5) is 11.6. The highest BCUT2D eigenvalue weighted by Gasteiger charge is 2.11. The third kappa shape index (κ3) is 5.50. The van der Waals surface area contributed by atoms with Crippen molar-refractivity contribution in [3.63, 3.8) is 0 Å². The highest BCUT2D eigenvalue weighted by Crippen LogP contribution is 2.34. The van der Waals surface area contributed by atoms with Gasteiger partial charge in [-0.2, -0.15) is 0 Å². The van der Waals surface area contributed by atoms with Crippen LogP contribution in [0.3, 0.4) is 0 Å². The van der Waals surface area contributed by atoms with E-state index in [4.69, 9.17) is 9.84 Å². The molecule has 106 valence electrons. The van der Waals surface area contributed by atoms with E-state index in [9.17, 15) is 4.79 Å². The molecule has 6 heteroatoms. The molecule has 0 fully saturated rings. The number of hydrogen-bond donors (Lipinski definition) is 2. The van der Waals surface area contributed by atoms with E-state index in [0.717, 1.165) is 5.56 Å². The minimum absolute atomic E-state index is 0.0393. The van der Waals surface area contributed by atoms with Crippen molar-refractivity contribution >= 4 is 37.8 Å². The average molecular weight is 395 g/mol. The smallest absolute Gasteiger partial charge is 0.257 e. The quantitative estimate of drug-likeness (QED) is 0.779. The minimum Gasteiger partial charge on any atom is -0.481 e. The van der Waals surface area contributed by atoms with Gasteiger partial charge in [-0.1, -0.05) is 13.8 Å². The number of aliphatic hydroxyl groups excluding tert-OH is 1. The fraction of sp³-hybridized carbons (Fsp3) is 0.462.